The van der Waals surface area contributed by atoms with Crippen molar-refractivity contribution in [3.63, 3.8) is 0 Å². The van der Waals surface area contributed by atoms with Gasteiger partial charge in [-0.05, 0) is 11.8 Å². The van der Waals surface area contributed by atoms with E-state index in [0.29, 0.717) is 0 Å². The quantitative estimate of drug-likeness (QED) is 0.0734. The molecule has 0 amide bonds. The molecule has 0 fully saturated rings. The highest BCUT2D eigenvalue weighted by Crippen LogP contribution is 2.25. The SMILES string of the molecule is CCCCCCCCCCC(CCCCCCCCC)CCCCCCCCCCCCCCCC(C)C. The molecule has 0 bridgehead atoms. The van der Waals surface area contributed by atoms with E-state index in [9.17, 15) is 0 Å². The van der Waals surface area contributed by atoms with Crippen LogP contribution in [-0.2, 0) is 0 Å². The number of hydrogen-bond acceptors (Lipinski definition) is 0. The Labute approximate surface area is 244 Å². The summed E-state index contributed by atoms with van der Waals surface area (Å²) in [5.41, 5.74) is 0. The lowest BCUT2D eigenvalue weighted by Crippen LogP contribution is -2.01. The van der Waals surface area contributed by atoms with Crippen LogP contribution in [0.1, 0.15) is 233 Å². The Morgan fingerprint density at radius 1 is 0.263 bits per heavy atom. The Balaban J connectivity index is 3.73. The largest absolute Gasteiger partial charge is 0.0654 e. The van der Waals surface area contributed by atoms with Gasteiger partial charge in [0.1, 0.15) is 0 Å². The van der Waals surface area contributed by atoms with Crippen LogP contribution in [0, 0.1) is 11.8 Å². The summed E-state index contributed by atoms with van der Waals surface area (Å²) in [6.45, 7) is 9.36. The minimum Gasteiger partial charge on any atom is -0.0654 e. The first-order chi connectivity index (χ1) is 18.7. The van der Waals surface area contributed by atoms with E-state index in [2.05, 4.69) is 27.7 Å². The van der Waals surface area contributed by atoms with Crippen molar-refractivity contribution < 1.29 is 0 Å². The van der Waals surface area contributed by atoms with Crippen LogP contribution in [0.3, 0.4) is 0 Å². The Morgan fingerprint density at radius 2 is 0.474 bits per heavy atom. The predicted molar refractivity (Wildman–Crippen MR) is 177 cm³/mol. The maximum absolute atomic E-state index is 2.35. The molecule has 0 saturated heterocycles. The second kappa shape index (κ2) is 33.2. The smallest absolute Gasteiger partial charge is 0.0414 e. The van der Waals surface area contributed by atoms with Gasteiger partial charge < -0.3 is 0 Å². The van der Waals surface area contributed by atoms with Crippen molar-refractivity contribution >= 4 is 0 Å². The lowest BCUT2D eigenvalue weighted by molar-refractivity contribution is 0.365. The van der Waals surface area contributed by atoms with Crippen LogP contribution in [0.15, 0.2) is 0 Å². The summed E-state index contributed by atoms with van der Waals surface area (Å²) in [5, 5.41) is 0. The normalized spacial score (nSPS) is 12.6. The zero-order chi connectivity index (χ0) is 27.8. The molecule has 1 unspecified atom stereocenters. The minimum atomic E-state index is 0.894. The van der Waals surface area contributed by atoms with Crippen LogP contribution < -0.4 is 0 Å². The molecular weight excluding hydrogens is 456 g/mol. The molecule has 0 aliphatic rings. The van der Waals surface area contributed by atoms with Crippen molar-refractivity contribution in [3.8, 4) is 0 Å². The van der Waals surface area contributed by atoms with Gasteiger partial charge in [-0.2, -0.15) is 0 Å². The summed E-state index contributed by atoms with van der Waals surface area (Å²) in [5.74, 6) is 1.93. The van der Waals surface area contributed by atoms with Crippen molar-refractivity contribution in [1.29, 1.82) is 0 Å². The molecule has 0 aliphatic carbocycles. The highest BCUT2D eigenvalue weighted by Gasteiger charge is 2.09. The van der Waals surface area contributed by atoms with Crippen molar-refractivity contribution in [2.24, 2.45) is 11.8 Å². The van der Waals surface area contributed by atoms with Crippen molar-refractivity contribution in [1.82, 2.24) is 0 Å². The first-order valence-corrected chi connectivity index (χ1v) is 18.7. The molecule has 38 heavy (non-hydrogen) atoms. The molecule has 0 rings (SSSR count). The summed E-state index contributed by atoms with van der Waals surface area (Å²) in [4.78, 5) is 0. The van der Waals surface area contributed by atoms with Gasteiger partial charge in [-0.3, -0.25) is 0 Å². The monoisotopic (exact) mass is 535 g/mol. The molecule has 0 aromatic rings. The van der Waals surface area contributed by atoms with Gasteiger partial charge in [0, 0.05) is 0 Å². The molecule has 1 atom stereocenters. The van der Waals surface area contributed by atoms with Gasteiger partial charge >= 0.3 is 0 Å². The molecule has 0 nitrogen and oxygen atoms in total. The molecule has 0 aliphatic heterocycles. The highest BCUT2D eigenvalue weighted by molar-refractivity contribution is 4.62. The van der Waals surface area contributed by atoms with Crippen molar-refractivity contribution in [3.05, 3.63) is 0 Å². The topological polar surface area (TPSA) is 0 Å². The van der Waals surface area contributed by atoms with E-state index in [0.717, 1.165) is 11.8 Å². The standard InChI is InChI=1S/C38H78/c1-5-7-9-11-13-23-27-31-35-38(34-30-26-21-12-10-8-6-2)36-32-28-24-20-18-16-14-15-17-19-22-25-29-33-37(3)4/h37-38H,5-36H2,1-4H3. The van der Waals surface area contributed by atoms with Gasteiger partial charge in [-0.1, -0.05) is 233 Å². The molecule has 0 heteroatoms. The summed E-state index contributed by atoms with van der Waals surface area (Å²) < 4.78 is 0. The first kappa shape index (κ1) is 38.0. The molecule has 0 aromatic heterocycles. The summed E-state index contributed by atoms with van der Waals surface area (Å²) in [7, 11) is 0. The molecule has 0 heterocycles. The second-order valence-corrected chi connectivity index (χ2v) is 13.6. The van der Waals surface area contributed by atoms with Crippen LogP contribution >= 0.6 is 0 Å². The van der Waals surface area contributed by atoms with E-state index in [1.807, 2.05) is 0 Å². The van der Waals surface area contributed by atoms with E-state index in [-0.39, 0.29) is 0 Å². The molecule has 0 saturated carbocycles. The molecule has 0 aromatic carbocycles. The third kappa shape index (κ3) is 32.2. The minimum absolute atomic E-state index is 0.894. The fraction of sp³-hybridized carbons (Fsp3) is 1.00. The Kier molecular flexibility index (Phi) is 33.2. The van der Waals surface area contributed by atoms with Gasteiger partial charge in [0.15, 0.2) is 0 Å². The van der Waals surface area contributed by atoms with Gasteiger partial charge in [-0.25, -0.2) is 0 Å². The number of unbranched alkanes of at least 4 members (excludes halogenated alkanes) is 25. The van der Waals surface area contributed by atoms with Gasteiger partial charge in [0.05, 0.1) is 0 Å². The molecule has 0 spiro atoms. The Hall–Kier alpha value is 0. The Morgan fingerprint density at radius 3 is 0.711 bits per heavy atom. The van der Waals surface area contributed by atoms with E-state index in [4.69, 9.17) is 0 Å². The van der Waals surface area contributed by atoms with Crippen molar-refractivity contribution in [2.45, 2.75) is 233 Å². The fourth-order valence-electron chi connectivity index (χ4n) is 6.32. The maximum Gasteiger partial charge on any atom is -0.0414 e. The molecule has 0 N–H and O–H groups in total. The van der Waals surface area contributed by atoms with E-state index in [1.54, 1.807) is 0 Å². The Bertz CT molecular complexity index is 397. The number of rotatable bonds is 33. The van der Waals surface area contributed by atoms with Gasteiger partial charge in [-0.15, -0.1) is 0 Å². The van der Waals surface area contributed by atoms with Gasteiger partial charge in [0.25, 0.3) is 0 Å². The van der Waals surface area contributed by atoms with Crippen LogP contribution in [0.2, 0.25) is 0 Å². The zero-order valence-corrected chi connectivity index (χ0v) is 27.8. The van der Waals surface area contributed by atoms with E-state index < -0.39 is 0 Å². The lowest BCUT2D eigenvalue weighted by Gasteiger charge is -2.17. The van der Waals surface area contributed by atoms with Crippen LogP contribution in [-0.4, -0.2) is 0 Å². The first-order valence-electron chi connectivity index (χ1n) is 18.7. The third-order valence-electron chi connectivity index (χ3n) is 9.08. The van der Waals surface area contributed by atoms with Crippen molar-refractivity contribution in [2.75, 3.05) is 0 Å². The number of hydrogen-bond donors (Lipinski definition) is 0. The van der Waals surface area contributed by atoms with Crippen LogP contribution in [0.5, 0.6) is 0 Å². The summed E-state index contributed by atoms with van der Waals surface area (Å²) >= 11 is 0. The summed E-state index contributed by atoms with van der Waals surface area (Å²) in [6, 6.07) is 0. The third-order valence-corrected chi connectivity index (χ3v) is 9.08. The fourth-order valence-corrected chi connectivity index (χ4v) is 6.32. The average Bonchev–Trinajstić information content (AvgIpc) is 2.91. The maximum atomic E-state index is 2.35. The second-order valence-electron chi connectivity index (χ2n) is 13.6. The highest BCUT2D eigenvalue weighted by atomic mass is 14.1. The lowest BCUT2D eigenvalue weighted by atomic mass is 9.89. The average molecular weight is 535 g/mol. The molecule has 0 radical (unpaired) electrons. The summed E-state index contributed by atoms with van der Waals surface area (Å²) in [6.07, 6.45) is 47.4. The molecular formula is C38H78. The predicted octanol–water partition coefficient (Wildman–Crippen LogP) is 14.8. The zero-order valence-electron chi connectivity index (χ0n) is 27.8. The van der Waals surface area contributed by atoms with Crippen LogP contribution in [0.25, 0.3) is 0 Å². The van der Waals surface area contributed by atoms with Crippen LogP contribution in [0.4, 0.5) is 0 Å². The molecule has 230 valence electrons. The van der Waals surface area contributed by atoms with E-state index in [1.165, 1.54) is 205 Å². The van der Waals surface area contributed by atoms with Gasteiger partial charge in [0.2, 0.25) is 0 Å². The van der Waals surface area contributed by atoms with E-state index >= 15 is 0 Å².